The first-order chi connectivity index (χ1) is 9.49. The predicted molar refractivity (Wildman–Crippen MR) is 70.3 cm³/mol. The molecule has 0 unspecified atom stereocenters. The number of nitrogens with zero attached hydrogens (tertiary/aromatic N) is 4. The number of benzene rings is 1. The summed E-state index contributed by atoms with van der Waals surface area (Å²) >= 11 is 5.77. The molecule has 0 atom stereocenters. The summed E-state index contributed by atoms with van der Waals surface area (Å²) in [7, 11) is 1.58. The van der Waals surface area contributed by atoms with E-state index in [-0.39, 0.29) is 28.7 Å². The lowest BCUT2D eigenvalue weighted by Gasteiger charge is -2.15. The molecule has 1 aromatic carbocycles. The molecule has 8 nitrogen and oxygen atoms in total. The van der Waals surface area contributed by atoms with Gasteiger partial charge in [0.15, 0.2) is 0 Å². The Bertz CT molecular complexity index is 644. The SMILES string of the molecule is CN(Cc1ncn[nH]1)C(=O)c1ccc([N+](=O)[O-])c(Cl)c1. The minimum atomic E-state index is -0.602. The summed E-state index contributed by atoms with van der Waals surface area (Å²) in [5.74, 6) is 0.215. The van der Waals surface area contributed by atoms with E-state index < -0.39 is 4.92 Å². The number of rotatable bonds is 4. The Kier molecular flexibility index (Phi) is 3.94. The number of halogens is 1. The van der Waals surface area contributed by atoms with E-state index in [1.807, 2.05) is 0 Å². The van der Waals surface area contributed by atoms with Gasteiger partial charge >= 0.3 is 0 Å². The van der Waals surface area contributed by atoms with Crippen LogP contribution in [0.1, 0.15) is 16.2 Å². The van der Waals surface area contributed by atoms with E-state index in [9.17, 15) is 14.9 Å². The first kappa shape index (κ1) is 13.9. The van der Waals surface area contributed by atoms with E-state index in [0.29, 0.717) is 5.82 Å². The highest BCUT2D eigenvalue weighted by Gasteiger charge is 2.18. The van der Waals surface area contributed by atoms with E-state index in [4.69, 9.17) is 11.6 Å². The van der Waals surface area contributed by atoms with Crippen LogP contribution in [0.2, 0.25) is 5.02 Å². The third-order valence-electron chi connectivity index (χ3n) is 2.59. The molecule has 0 saturated heterocycles. The molecule has 1 N–H and O–H groups in total. The molecule has 2 aromatic rings. The third-order valence-corrected chi connectivity index (χ3v) is 2.89. The van der Waals surface area contributed by atoms with Gasteiger partial charge in [-0.05, 0) is 12.1 Å². The maximum Gasteiger partial charge on any atom is 0.287 e. The third kappa shape index (κ3) is 2.91. The van der Waals surface area contributed by atoms with Crippen LogP contribution in [0.25, 0.3) is 0 Å². The van der Waals surface area contributed by atoms with Crippen molar-refractivity contribution < 1.29 is 9.72 Å². The second kappa shape index (κ2) is 5.66. The number of aromatic amines is 1. The molecule has 0 fully saturated rings. The zero-order valence-electron chi connectivity index (χ0n) is 10.4. The molecule has 104 valence electrons. The van der Waals surface area contributed by atoms with Crippen molar-refractivity contribution in [2.24, 2.45) is 0 Å². The Hall–Kier alpha value is -2.48. The zero-order valence-corrected chi connectivity index (χ0v) is 11.2. The van der Waals surface area contributed by atoms with Gasteiger partial charge in [-0.25, -0.2) is 4.98 Å². The van der Waals surface area contributed by atoms with Gasteiger partial charge in [-0.2, -0.15) is 5.10 Å². The van der Waals surface area contributed by atoms with Gasteiger partial charge in [0.1, 0.15) is 17.2 Å². The number of H-pyrrole nitrogens is 1. The molecule has 1 heterocycles. The van der Waals surface area contributed by atoms with Gasteiger partial charge in [0.05, 0.1) is 11.5 Å². The van der Waals surface area contributed by atoms with Crippen molar-refractivity contribution in [2.45, 2.75) is 6.54 Å². The number of hydrogen-bond donors (Lipinski definition) is 1. The molecular formula is C11H10ClN5O3. The van der Waals surface area contributed by atoms with Crippen LogP contribution in [-0.2, 0) is 6.54 Å². The molecule has 0 aliphatic carbocycles. The van der Waals surface area contributed by atoms with Crippen molar-refractivity contribution in [1.82, 2.24) is 20.1 Å². The van der Waals surface area contributed by atoms with Crippen molar-refractivity contribution >= 4 is 23.2 Å². The smallest absolute Gasteiger partial charge is 0.287 e. The number of nitro benzene ring substituents is 1. The van der Waals surface area contributed by atoms with Crippen molar-refractivity contribution in [3.05, 3.63) is 51.1 Å². The zero-order chi connectivity index (χ0) is 14.7. The lowest BCUT2D eigenvalue weighted by molar-refractivity contribution is -0.384. The van der Waals surface area contributed by atoms with Crippen molar-refractivity contribution in [3.8, 4) is 0 Å². The maximum absolute atomic E-state index is 12.1. The monoisotopic (exact) mass is 295 g/mol. The van der Waals surface area contributed by atoms with Gasteiger partial charge in [-0.15, -0.1) is 0 Å². The summed E-state index contributed by atoms with van der Waals surface area (Å²) in [6.45, 7) is 0.243. The molecule has 0 aliphatic rings. The fraction of sp³-hybridized carbons (Fsp3) is 0.182. The van der Waals surface area contributed by atoms with E-state index in [1.165, 1.54) is 29.4 Å². The van der Waals surface area contributed by atoms with Gasteiger partial charge in [0, 0.05) is 18.7 Å². The standard InChI is InChI=1S/C11H10ClN5O3/c1-16(5-10-13-6-14-15-10)11(18)7-2-3-9(17(19)20)8(12)4-7/h2-4,6H,5H2,1H3,(H,13,14,15). The Morgan fingerprint density at radius 2 is 2.30 bits per heavy atom. The van der Waals surface area contributed by atoms with Crippen LogP contribution in [-0.4, -0.2) is 38.0 Å². The van der Waals surface area contributed by atoms with Gasteiger partial charge in [-0.3, -0.25) is 20.0 Å². The minimum Gasteiger partial charge on any atom is -0.334 e. The number of carbonyl (C=O) groups is 1. The van der Waals surface area contributed by atoms with Gasteiger partial charge in [0.25, 0.3) is 11.6 Å². The van der Waals surface area contributed by atoms with Crippen LogP contribution >= 0.6 is 11.6 Å². The normalized spacial score (nSPS) is 10.3. The minimum absolute atomic E-state index is 0.0751. The maximum atomic E-state index is 12.1. The van der Waals surface area contributed by atoms with Crippen molar-refractivity contribution in [1.29, 1.82) is 0 Å². The van der Waals surface area contributed by atoms with Gasteiger partial charge < -0.3 is 4.90 Å². The number of aromatic nitrogens is 3. The summed E-state index contributed by atoms with van der Waals surface area (Å²) in [4.78, 5) is 27.5. The summed E-state index contributed by atoms with van der Waals surface area (Å²) in [5, 5.41) is 16.9. The molecule has 2 rings (SSSR count). The Morgan fingerprint density at radius 1 is 1.55 bits per heavy atom. The Labute approximate surface area is 118 Å². The lowest BCUT2D eigenvalue weighted by Crippen LogP contribution is -2.26. The van der Waals surface area contributed by atoms with Crippen LogP contribution in [0.5, 0.6) is 0 Å². The number of nitro groups is 1. The average Bonchev–Trinajstić information content (AvgIpc) is 2.90. The highest BCUT2D eigenvalue weighted by atomic mass is 35.5. The number of nitrogens with one attached hydrogen (secondary N) is 1. The second-order valence-electron chi connectivity index (χ2n) is 4.02. The number of amides is 1. The lowest BCUT2D eigenvalue weighted by atomic mass is 10.2. The highest BCUT2D eigenvalue weighted by molar-refractivity contribution is 6.33. The second-order valence-corrected chi connectivity index (χ2v) is 4.42. The quantitative estimate of drug-likeness (QED) is 0.682. The van der Waals surface area contributed by atoms with Crippen molar-refractivity contribution in [2.75, 3.05) is 7.05 Å². The van der Waals surface area contributed by atoms with Crippen LogP contribution in [0.3, 0.4) is 0 Å². The summed E-state index contributed by atoms with van der Waals surface area (Å²) < 4.78 is 0. The first-order valence-electron chi connectivity index (χ1n) is 5.52. The Morgan fingerprint density at radius 3 is 2.85 bits per heavy atom. The largest absolute Gasteiger partial charge is 0.334 e. The van der Waals surface area contributed by atoms with Gasteiger partial charge in [-0.1, -0.05) is 11.6 Å². The van der Waals surface area contributed by atoms with E-state index in [0.717, 1.165) is 0 Å². The van der Waals surface area contributed by atoms with Crippen LogP contribution in [0, 0.1) is 10.1 Å². The highest BCUT2D eigenvalue weighted by Crippen LogP contribution is 2.25. The molecule has 0 saturated carbocycles. The van der Waals surface area contributed by atoms with E-state index >= 15 is 0 Å². The summed E-state index contributed by atoms with van der Waals surface area (Å²) in [6, 6.07) is 3.85. The van der Waals surface area contributed by atoms with Crippen LogP contribution < -0.4 is 0 Å². The van der Waals surface area contributed by atoms with Crippen molar-refractivity contribution in [3.63, 3.8) is 0 Å². The van der Waals surface area contributed by atoms with Gasteiger partial charge in [0.2, 0.25) is 0 Å². The molecule has 0 aliphatic heterocycles. The molecule has 0 radical (unpaired) electrons. The molecule has 0 spiro atoms. The fourth-order valence-electron chi connectivity index (χ4n) is 1.61. The summed E-state index contributed by atoms with van der Waals surface area (Å²) in [6.07, 6.45) is 1.34. The molecule has 0 bridgehead atoms. The van der Waals surface area contributed by atoms with Crippen LogP contribution in [0.4, 0.5) is 5.69 Å². The molecular weight excluding hydrogens is 286 g/mol. The van der Waals surface area contributed by atoms with E-state index in [2.05, 4.69) is 15.2 Å². The van der Waals surface area contributed by atoms with E-state index in [1.54, 1.807) is 7.05 Å². The number of carbonyl (C=O) groups excluding carboxylic acids is 1. The summed E-state index contributed by atoms with van der Waals surface area (Å²) in [5.41, 5.74) is 0.0312. The fourth-order valence-corrected chi connectivity index (χ4v) is 1.86. The number of hydrogen-bond acceptors (Lipinski definition) is 5. The molecule has 1 amide bonds. The Balaban J connectivity index is 2.16. The van der Waals surface area contributed by atoms with Crippen LogP contribution in [0.15, 0.2) is 24.5 Å². The average molecular weight is 296 g/mol. The molecule has 9 heteroatoms. The molecule has 20 heavy (non-hydrogen) atoms. The first-order valence-corrected chi connectivity index (χ1v) is 5.90. The molecule has 1 aromatic heterocycles. The topological polar surface area (TPSA) is 105 Å². The predicted octanol–water partition coefficient (Wildman–Crippen LogP) is 1.64.